The molecule has 1 atom stereocenters. The van der Waals surface area contributed by atoms with Crippen LogP contribution in [0.2, 0.25) is 5.02 Å². The van der Waals surface area contributed by atoms with Gasteiger partial charge in [-0.1, -0.05) is 61.0 Å². The lowest BCUT2D eigenvalue weighted by atomic mass is 10.1. The fraction of sp³-hybridized carbons (Fsp3) is 0.333. The predicted octanol–water partition coefficient (Wildman–Crippen LogP) is 6.19. The summed E-state index contributed by atoms with van der Waals surface area (Å²) in [7, 11) is -4.59. The van der Waals surface area contributed by atoms with Gasteiger partial charge in [0.25, 0.3) is 10.0 Å². The molecule has 0 fully saturated rings. The van der Waals surface area contributed by atoms with E-state index in [-0.39, 0.29) is 28.9 Å². The van der Waals surface area contributed by atoms with Crippen LogP contribution in [0.15, 0.2) is 77.7 Å². The highest BCUT2D eigenvalue weighted by molar-refractivity contribution is 7.92. The Hall–Kier alpha value is -3.57. The van der Waals surface area contributed by atoms with E-state index in [1.165, 1.54) is 29.2 Å². The van der Waals surface area contributed by atoms with Gasteiger partial charge in [0, 0.05) is 12.6 Å². The van der Waals surface area contributed by atoms with Crippen LogP contribution in [-0.4, -0.2) is 43.8 Å². The summed E-state index contributed by atoms with van der Waals surface area (Å²) in [5.41, 5.74) is -0.0957. The van der Waals surface area contributed by atoms with Gasteiger partial charge in [-0.25, -0.2) is 8.42 Å². The Balaban J connectivity index is 2.17. The van der Waals surface area contributed by atoms with Crippen molar-refractivity contribution in [3.63, 3.8) is 0 Å². The first kappa shape index (κ1) is 32.9. The highest BCUT2D eigenvalue weighted by Crippen LogP contribution is 2.37. The molecular weight excluding hydrogens is 591 g/mol. The van der Waals surface area contributed by atoms with Crippen LogP contribution < -0.4 is 9.62 Å². The fourth-order valence-corrected chi connectivity index (χ4v) is 6.10. The number of carbonyl (C=O) groups excluding carboxylic acids is 2. The summed E-state index contributed by atoms with van der Waals surface area (Å²) in [5, 5.41) is 2.49. The van der Waals surface area contributed by atoms with Crippen molar-refractivity contribution in [3.8, 4) is 0 Å². The van der Waals surface area contributed by atoms with E-state index in [0.717, 1.165) is 23.3 Å². The van der Waals surface area contributed by atoms with Gasteiger partial charge in [-0.2, -0.15) is 13.2 Å². The van der Waals surface area contributed by atoms with Gasteiger partial charge in [0.15, 0.2) is 0 Å². The van der Waals surface area contributed by atoms with Gasteiger partial charge >= 0.3 is 6.18 Å². The lowest BCUT2D eigenvalue weighted by Gasteiger charge is -2.34. The largest absolute Gasteiger partial charge is 0.416 e. The first-order chi connectivity index (χ1) is 19.7. The summed E-state index contributed by atoms with van der Waals surface area (Å²) in [6.07, 6.45) is -4.60. The van der Waals surface area contributed by atoms with E-state index in [2.05, 4.69) is 5.32 Å². The summed E-state index contributed by atoms with van der Waals surface area (Å²) in [6.45, 7) is 6.14. The maximum Gasteiger partial charge on any atom is 0.416 e. The molecule has 42 heavy (non-hydrogen) atoms. The first-order valence-corrected chi connectivity index (χ1v) is 15.1. The number of anilines is 1. The number of hydrogen-bond acceptors (Lipinski definition) is 4. The highest BCUT2D eigenvalue weighted by Gasteiger charge is 2.37. The number of aryl methyl sites for hydroxylation is 1. The average molecular weight is 624 g/mol. The fourth-order valence-electron chi connectivity index (χ4n) is 4.38. The molecule has 226 valence electrons. The monoisotopic (exact) mass is 623 g/mol. The topological polar surface area (TPSA) is 86.8 Å². The van der Waals surface area contributed by atoms with Gasteiger partial charge < -0.3 is 10.2 Å². The molecule has 1 N–H and O–H groups in total. The third-order valence-corrected chi connectivity index (χ3v) is 8.66. The van der Waals surface area contributed by atoms with Gasteiger partial charge in [-0.3, -0.25) is 13.9 Å². The van der Waals surface area contributed by atoms with E-state index < -0.39 is 51.9 Å². The minimum Gasteiger partial charge on any atom is -0.352 e. The molecule has 3 aromatic rings. The predicted molar refractivity (Wildman–Crippen MR) is 157 cm³/mol. The molecule has 0 aliphatic carbocycles. The number of nitrogens with one attached hydrogen (secondary N) is 1. The third-order valence-electron chi connectivity index (χ3n) is 6.57. The lowest BCUT2D eigenvalue weighted by molar-refractivity contribution is -0.140. The number of rotatable bonds is 11. The number of hydrogen-bond donors (Lipinski definition) is 1. The van der Waals surface area contributed by atoms with Crippen LogP contribution >= 0.6 is 11.6 Å². The van der Waals surface area contributed by atoms with Crippen molar-refractivity contribution in [3.05, 3.63) is 94.5 Å². The first-order valence-electron chi connectivity index (χ1n) is 13.3. The lowest BCUT2D eigenvalue weighted by Crippen LogP contribution is -2.53. The molecule has 2 amide bonds. The van der Waals surface area contributed by atoms with E-state index >= 15 is 0 Å². The smallest absolute Gasteiger partial charge is 0.352 e. The van der Waals surface area contributed by atoms with Crippen molar-refractivity contribution in [1.82, 2.24) is 10.2 Å². The van der Waals surface area contributed by atoms with Crippen molar-refractivity contribution >= 4 is 39.1 Å². The van der Waals surface area contributed by atoms with E-state index in [4.69, 9.17) is 11.6 Å². The number of halogens is 4. The highest BCUT2D eigenvalue weighted by atomic mass is 35.5. The zero-order valence-electron chi connectivity index (χ0n) is 23.7. The number of alkyl halides is 3. The van der Waals surface area contributed by atoms with Crippen LogP contribution in [0.3, 0.4) is 0 Å². The zero-order chi connectivity index (χ0) is 31.2. The molecule has 0 saturated carbocycles. The zero-order valence-corrected chi connectivity index (χ0v) is 25.2. The SMILES string of the molecule is CC[C@@H](C(=O)NC(C)C)N(Cc1ccccc1C)C(=O)CN(c1cc(C(F)(F)F)ccc1Cl)S(=O)(=O)c1ccccc1. The molecule has 0 radical (unpaired) electrons. The molecular formula is C30H33ClF3N3O4S. The molecule has 0 bridgehead atoms. The van der Waals surface area contributed by atoms with E-state index in [9.17, 15) is 31.2 Å². The molecule has 0 aliphatic rings. The van der Waals surface area contributed by atoms with E-state index in [1.54, 1.807) is 39.0 Å². The second-order valence-corrected chi connectivity index (χ2v) is 12.3. The summed E-state index contributed by atoms with van der Waals surface area (Å²) < 4.78 is 69.3. The molecule has 0 unspecified atom stereocenters. The van der Waals surface area contributed by atoms with Crippen LogP contribution in [0.4, 0.5) is 18.9 Å². The Morgan fingerprint density at radius 2 is 1.60 bits per heavy atom. The number of sulfonamides is 1. The molecule has 3 aromatic carbocycles. The summed E-state index contributed by atoms with van der Waals surface area (Å²) >= 11 is 6.28. The van der Waals surface area contributed by atoms with Crippen molar-refractivity contribution in [2.45, 2.75) is 63.8 Å². The Kier molecular flexibility index (Phi) is 10.7. The number of amides is 2. The van der Waals surface area contributed by atoms with Crippen molar-refractivity contribution in [1.29, 1.82) is 0 Å². The van der Waals surface area contributed by atoms with E-state index in [0.29, 0.717) is 10.4 Å². The molecule has 0 aromatic heterocycles. The Morgan fingerprint density at radius 3 is 2.17 bits per heavy atom. The van der Waals surface area contributed by atoms with Gasteiger partial charge in [0.1, 0.15) is 12.6 Å². The molecule has 12 heteroatoms. The van der Waals surface area contributed by atoms with Crippen LogP contribution in [0.1, 0.15) is 43.9 Å². The van der Waals surface area contributed by atoms with Gasteiger partial charge in [-0.05, 0) is 68.7 Å². The molecule has 0 spiro atoms. The summed E-state index contributed by atoms with van der Waals surface area (Å²) in [5.74, 6) is -1.24. The minimum absolute atomic E-state index is 0.0366. The quantitative estimate of drug-likeness (QED) is 0.276. The second-order valence-electron chi connectivity index (χ2n) is 10.0. The Bertz CT molecular complexity index is 1520. The summed E-state index contributed by atoms with van der Waals surface area (Å²) in [4.78, 5) is 28.3. The van der Waals surface area contributed by atoms with Crippen LogP contribution in [0.25, 0.3) is 0 Å². The number of carbonyl (C=O) groups is 2. The van der Waals surface area contributed by atoms with Crippen molar-refractivity contribution < 1.29 is 31.2 Å². The van der Waals surface area contributed by atoms with Crippen LogP contribution in [-0.2, 0) is 32.3 Å². The van der Waals surface area contributed by atoms with Crippen LogP contribution in [0.5, 0.6) is 0 Å². The standard InChI is InChI=1S/C30H33ClF3N3O4S/c1-5-26(29(39)35-20(2)3)36(18-22-12-10-9-11-21(22)4)28(38)19-37(42(40,41)24-13-7-6-8-14-24)27-17-23(30(32,33)34)15-16-25(27)31/h6-17,20,26H,5,18-19H2,1-4H3,(H,35,39)/t26-/m0/s1. The number of benzene rings is 3. The minimum atomic E-state index is -4.80. The molecule has 0 aliphatic heterocycles. The van der Waals surface area contributed by atoms with E-state index in [1.807, 2.05) is 19.1 Å². The van der Waals surface area contributed by atoms with Gasteiger partial charge in [0.05, 0.1) is 21.2 Å². The molecule has 7 nitrogen and oxygen atoms in total. The maximum atomic E-state index is 14.1. The average Bonchev–Trinajstić information content (AvgIpc) is 2.92. The maximum absolute atomic E-state index is 14.1. The van der Waals surface area contributed by atoms with Crippen molar-refractivity contribution in [2.24, 2.45) is 0 Å². The van der Waals surface area contributed by atoms with Gasteiger partial charge in [-0.15, -0.1) is 0 Å². The van der Waals surface area contributed by atoms with Crippen molar-refractivity contribution in [2.75, 3.05) is 10.8 Å². The van der Waals surface area contributed by atoms with Gasteiger partial charge in [0.2, 0.25) is 11.8 Å². The molecule has 3 rings (SSSR count). The second kappa shape index (κ2) is 13.6. The number of nitrogens with zero attached hydrogens (tertiary/aromatic N) is 2. The normalized spacial score (nSPS) is 12.6. The third kappa shape index (κ3) is 7.83. The summed E-state index contributed by atoms with van der Waals surface area (Å²) in [6, 6.07) is 15.3. The molecule has 0 saturated heterocycles. The Morgan fingerprint density at radius 1 is 0.976 bits per heavy atom. The van der Waals surface area contributed by atoms with Crippen LogP contribution in [0, 0.1) is 6.92 Å². The Labute approximate surface area is 249 Å². The molecule has 0 heterocycles.